The van der Waals surface area contributed by atoms with Crippen molar-refractivity contribution in [2.24, 2.45) is 0 Å². The normalized spacial score (nSPS) is 16.8. The number of nitrogens with one attached hydrogen (secondary N) is 2. The fourth-order valence-electron chi connectivity index (χ4n) is 4.57. The second-order valence-corrected chi connectivity index (χ2v) is 9.09. The zero-order valence-corrected chi connectivity index (χ0v) is 20.8. The van der Waals surface area contributed by atoms with Crippen molar-refractivity contribution in [2.75, 3.05) is 11.9 Å². The fraction of sp³-hybridized carbons (Fsp3) is 0.148. The van der Waals surface area contributed by atoms with Crippen LogP contribution in [0.3, 0.4) is 0 Å². The Morgan fingerprint density at radius 1 is 1.11 bits per heavy atom. The molecule has 2 aromatic heterocycles. The number of hydrogen-bond donors (Lipinski definition) is 2. The summed E-state index contributed by atoms with van der Waals surface area (Å²) in [7, 11) is 0. The Bertz CT molecular complexity index is 1480. The van der Waals surface area contributed by atoms with Gasteiger partial charge < -0.3 is 20.1 Å². The number of non-ortho nitro benzene ring substituents is 1. The molecule has 0 spiro atoms. The number of nitrogens with zero attached hydrogens (tertiary/aromatic N) is 4. The van der Waals surface area contributed by atoms with Crippen LogP contribution in [-0.2, 0) is 4.79 Å². The van der Waals surface area contributed by atoms with Gasteiger partial charge in [0.05, 0.1) is 28.4 Å². The van der Waals surface area contributed by atoms with Gasteiger partial charge in [0.2, 0.25) is 5.91 Å². The summed E-state index contributed by atoms with van der Waals surface area (Å²) < 4.78 is 15.1. The molecule has 3 heterocycles. The van der Waals surface area contributed by atoms with Gasteiger partial charge in [-0.3, -0.25) is 19.9 Å². The molecule has 0 bridgehead atoms. The van der Waals surface area contributed by atoms with Crippen LogP contribution < -0.4 is 10.6 Å². The summed E-state index contributed by atoms with van der Waals surface area (Å²) in [4.78, 5) is 30.1. The molecule has 0 radical (unpaired) electrons. The van der Waals surface area contributed by atoms with Gasteiger partial charge in [-0.25, -0.2) is 4.39 Å². The van der Waals surface area contributed by atoms with E-state index in [2.05, 4.69) is 15.6 Å². The standard InChI is InChI=1S/C27H23FN6O3S/c28-18-9-11-19(12-10-18)30-24(35)13-16-33-26(25(31-27(33)38)22-7-1-2-14-29-22)23-8-4-15-32(23)20-5-3-6-21(17-20)34(36)37/h1-12,14-15,17,25-26H,13,16H2,(H,30,35)(H,31,38). The van der Waals surface area contributed by atoms with Crippen molar-refractivity contribution in [3.05, 3.63) is 119 Å². The second-order valence-electron chi connectivity index (χ2n) is 8.71. The maximum atomic E-state index is 13.2. The van der Waals surface area contributed by atoms with Gasteiger partial charge in [-0.2, -0.15) is 0 Å². The molecule has 38 heavy (non-hydrogen) atoms. The van der Waals surface area contributed by atoms with Crippen molar-refractivity contribution in [1.29, 1.82) is 0 Å². The van der Waals surface area contributed by atoms with Gasteiger partial charge in [0.25, 0.3) is 5.69 Å². The maximum Gasteiger partial charge on any atom is 0.271 e. The van der Waals surface area contributed by atoms with Crippen molar-refractivity contribution >= 4 is 34.6 Å². The van der Waals surface area contributed by atoms with Crippen LogP contribution in [0.15, 0.2) is 91.3 Å². The molecule has 1 fully saturated rings. The minimum absolute atomic E-state index is 0.0159. The molecule has 1 saturated heterocycles. The quantitative estimate of drug-likeness (QED) is 0.189. The van der Waals surface area contributed by atoms with E-state index < -0.39 is 4.92 Å². The number of nitro benzene ring substituents is 1. The number of carbonyl (C=O) groups excluding carboxylic acids is 1. The largest absolute Gasteiger partial charge is 0.352 e. The number of carbonyl (C=O) groups is 1. The Kier molecular flexibility index (Phi) is 7.09. The molecule has 1 aliphatic heterocycles. The molecule has 1 aliphatic rings. The third-order valence-electron chi connectivity index (χ3n) is 6.31. The van der Waals surface area contributed by atoms with Crippen LogP contribution in [-0.4, -0.2) is 36.9 Å². The predicted octanol–water partition coefficient (Wildman–Crippen LogP) is 4.92. The number of halogens is 1. The molecule has 1 amide bonds. The van der Waals surface area contributed by atoms with Crippen molar-refractivity contribution < 1.29 is 14.1 Å². The molecule has 0 aliphatic carbocycles. The van der Waals surface area contributed by atoms with E-state index in [9.17, 15) is 19.3 Å². The number of hydrogen-bond acceptors (Lipinski definition) is 5. The molecule has 2 atom stereocenters. The van der Waals surface area contributed by atoms with Gasteiger partial charge >= 0.3 is 0 Å². The molecule has 9 nitrogen and oxygen atoms in total. The molecular formula is C27H23FN6O3S. The van der Waals surface area contributed by atoms with E-state index >= 15 is 0 Å². The smallest absolute Gasteiger partial charge is 0.271 e. The minimum Gasteiger partial charge on any atom is -0.352 e. The Morgan fingerprint density at radius 3 is 2.66 bits per heavy atom. The monoisotopic (exact) mass is 530 g/mol. The van der Waals surface area contributed by atoms with Crippen LogP contribution in [0, 0.1) is 15.9 Å². The van der Waals surface area contributed by atoms with Crippen LogP contribution >= 0.6 is 12.2 Å². The highest BCUT2D eigenvalue weighted by Gasteiger charge is 2.41. The van der Waals surface area contributed by atoms with Crippen LogP contribution in [0.1, 0.15) is 29.9 Å². The fourth-order valence-corrected chi connectivity index (χ4v) is 4.91. The number of benzene rings is 2. The first kappa shape index (κ1) is 25.0. The third-order valence-corrected chi connectivity index (χ3v) is 6.66. The first-order valence-electron chi connectivity index (χ1n) is 11.9. The lowest BCUT2D eigenvalue weighted by Crippen LogP contribution is -2.33. The molecule has 2 unspecified atom stereocenters. The van der Waals surface area contributed by atoms with Crippen molar-refractivity contribution in [3.8, 4) is 5.69 Å². The zero-order valence-electron chi connectivity index (χ0n) is 20.0. The highest BCUT2D eigenvalue weighted by molar-refractivity contribution is 7.80. The van der Waals surface area contributed by atoms with Crippen molar-refractivity contribution in [2.45, 2.75) is 18.5 Å². The van der Waals surface area contributed by atoms with E-state index in [1.165, 1.54) is 36.4 Å². The minimum atomic E-state index is -0.429. The Morgan fingerprint density at radius 2 is 1.92 bits per heavy atom. The second kappa shape index (κ2) is 10.8. The van der Waals surface area contributed by atoms with E-state index in [4.69, 9.17) is 12.2 Å². The summed E-state index contributed by atoms with van der Waals surface area (Å²) in [5.74, 6) is -0.625. The van der Waals surface area contributed by atoms with Gasteiger partial charge in [0.1, 0.15) is 5.82 Å². The van der Waals surface area contributed by atoms with Crippen LogP contribution in [0.25, 0.3) is 5.69 Å². The highest BCUT2D eigenvalue weighted by Crippen LogP contribution is 2.39. The lowest BCUT2D eigenvalue weighted by molar-refractivity contribution is -0.384. The van der Waals surface area contributed by atoms with Crippen LogP contribution in [0.4, 0.5) is 15.8 Å². The van der Waals surface area contributed by atoms with Crippen LogP contribution in [0.2, 0.25) is 0 Å². The summed E-state index contributed by atoms with van der Waals surface area (Å²) >= 11 is 5.69. The number of pyridine rings is 1. The molecule has 2 N–H and O–H groups in total. The van der Waals surface area contributed by atoms with Gasteiger partial charge in [-0.05, 0) is 66.8 Å². The van der Waals surface area contributed by atoms with E-state index in [-0.39, 0.29) is 35.9 Å². The van der Waals surface area contributed by atoms with E-state index in [1.807, 2.05) is 46.0 Å². The van der Waals surface area contributed by atoms with Gasteiger partial charge in [0, 0.05) is 48.9 Å². The summed E-state index contributed by atoms with van der Waals surface area (Å²) in [5.41, 5.74) is 2.71. The van der Waals surface area contributed by atoms with Gasteiger partial charge in [-0.1, -0.05) is 12.1 Å². The number of anilines is 1. The van der Waals surface area contributed by atoms with E-state index in [0.717, 1.165) is 11.4 Å². The molecule has 192 valence electrons. The summed E-state index contributed by atoms with van der Waals surface area (Å²) in [5, 5.41) is 18.0. The third kappa shape index (κ3) is 5.23. The lowest BCUT2D eigenvalue weighted by atomic mass is 10.0. The molecule has 4 aromatic rings. The number of thiocarbonyl (C=S) groups is 1. The summed E-state index contributed by atoms with van der Waals surface area (Å²) in [6.07, 6.45) is 3.67. The number of nitro groups is 1. The predicted molar refractivity (Wildman–Crippen MR) is 144 cm³/mol. The van der Waals surface area contributed by atoms with Crippen LogP contribution in [0.5, 0.6) is 0 Å². The first-order valence-corrected chi connectivity index (χ1v) is 12.3. The van der Waals surface area contributed by atoms with Crippen molar-refractivity contribution in [1.82, 2.24) is 19.8 Å². The molecule has 11 heteroatoms. The summed E-state index contributed by atoms with van der Waals surface area (Å²) in [6.45, 7) is 0.299. The molecule has 2 aromatic carbocycles. The number of rotatable bonds is 8. The Labute approximate surface area is 223 Å². The first-order chi connectivity index (χ1) is 18.4. The zero-order chi connectivity index (χ0) is 26.6. The van der Waals surface area contributed by atoms with Crippen molar-refractivity contribution in [3.63, 3.8) is 0 Å². The Hall–Kier alpha value is -4.64. The number of amides is 1. The molecular weight excluding hydrogens is 507 g/mol. The van der Waals surface area contributed by atoms with Gasteiger partial charge in [-0.15, -0.1) is 0 Å². The highest BCUT2D eigenvalue weighted by atomic mass is 32.1. The van der Waals surface area contributed by atoms with E-state index in [1.54, 1.807) is 18.3 Å². The molecule has 5 rings (SSSR count). The summed E-state index contributed by atoms with van der Waals surface area (Å²) in [6, 6.07) is 20.7. The van der Waals surface area contributed by atoms with E-state index in [0.29, 0.717) is 23.0 Å². The number of aromatic nitrogens is 2. The average molecular weight is 531 g/mol. The Balaban J connectivity index is 1.45. The molecule has 0 saturated carbocycles. The topological polar surface area (TPSA) is 105 Å². The SMILES string of the molecule is O=C(CCN1C(=S)NC(c2ccccn2)C1c1cccn1-c1cccc([N+](=O)[O-])c1)Nc1ccc(F)cc1. The van der Waals surface area contributed by atoms with Gasteiger partial charge in [0.15, 0.2) is 5.11 Å². The maximum absolute atomic E-state index is 13.2. The average Bonchev–Trinajstić information content (AvgIpc) is 3.53. The lowest BCUT2D eigenvalue weighted by Gasteiger charge is -2.28.